The molecule has 162 valence electrons. The molecule has 0 atom stereocenters. The van der Waals surface area contributed by atoms with Gasteiger partial charge in [0.05, 0.1) is 18.5 Å². The Kier molecular flexibility index (Phi) is 5.56. The smallest absolute Gasteiger partial charge is 0.276 e. The van der Waals surface area contributed by atoms with Crippen LogP contribution in [0.3, 0.4) is 0 Å². The molecule has 0 radical (unpaired) electrons. The fraction of sp³-hybridized carbons (Fsp3) is 0.360. The maximum Gasteiger partial charge on any atom is 0.276 e. The zero-order chi connectivity index (χ0) is 22.2. The summed E-state index contributed by atoms with van der Waals surface area (Å²) in [7, 11) is 1.59. The molecule has 0 aliphatic heterocycles. The highest BCUT2D eigenvalue weighted by molar-refractivity contribution is 6.05. The number of fused-ring (bicyclic) bond motifs is 1. The number of carbonyl (C=O) groups is 1. The van der Waals surface area contributed by atoms with Gasteiger partial charge < -0.3 is 10.1 Å². The van der Waals surface area contributed by atoms with Gasteiger partial charge in [0.15, 0.2) is 5.69 Å². The summed E-state index contributed by atoms with van der Waals surface area (Å²) in [5.41, 5.74) is 4.84. The first-order chi connectivity index (χ1) is 14.8. The SMILES string of the molecule is COc1ccc(C(C)(C)C)cc1NC(=O)c1nn(-c2ccc(F)cc2)c2c1CCCC2. The molecule has 0 saturated carbocycles. The van der Waals surface area contributed by atoms with Crippen LogP contribution in [0.4, 0.5) is 10.1 Å². The summed E-state index contributed by atoms with van der Waals surface area (Å²) in [4.78, 5) is 13.3. The highest BCUT2D eigenvalue weighted by Gasteiger charge is 2.26. The molecule has 6 heteroatoms. The average Bonchev–Trinajstić information content (AvgIpc) is 3.13. The summed E-state index contributed by atoms with van der Waals surface area (Å²) in [5.74, 6) is 0.0464. The van der Waals surface area contributed by atoms with E-state index in [1.165, 1.54) is 12.1 Å². The predicted molar refractivity (Wildman–Crippen MR) is 120 cm³/mol. The molecular formula is C25H28FN3O2. The van der Waals surface area contributed by atoms with Gasteiger partial charge in [0.1, 0.15) is 11.6 Å². The summed E-state index contributed by atoms with van der Waals surface area (Å²) < 4.78 is 20.7. The number of anilines is 1. The highest BCUT2D eigenvalue weighted by Crippen LogP contribution is 2.33. The van der Waals surface area contributed by atoms with Crippen LogP contribution in [0.15, 0.2) is 42.5 Å². The molecule has 0 spiro atoms. The molecular weight excluding hydrogens is 393 g/mol. The quantitative estimate of drug-likeness (QED) is 0.610. The van der Waals surface area contributed by atoms with Crippen LogP contribution in [0.1, 0.15) is 60.9 Å². The Balaban J connectivity index is 1.72. The molecule has 1 aliphatic carbocycles. The number of amides is 1. The molecule has 4 rings (SSSR count). The van der Waals surface area contributed by atoms with Crippen LogP contribution in [-0.2, 0) is 18.3 Å². The number of rotatable bonds is 4. The van der Waals surface area contributed by atoms with Crippen LogP contribution < -0.4 is 10.1 Å². The Labute approximate surface area is 182 Å². The van der Waals surface area contributed by atoms with Crippen molar-refractivity contribution in [2.75, 3.05) is 12.4 Å². The van der Waals surface area contributed by atoms with E-state index in [2.05, 4.69) is 31.2 Å². The molecule has 1 amide bonds. The van der Waals surface area contributed by atoms with Crippen molar-refractivity contribution in [2.45, 2.75) is 51.9 Å². The Morgan fingerprint density at radius 3 is 2.48 bits per heavy atom. The summed E-state index contributed by atoms with van der Waals surface area (Å²) in [6.45, 7) is 6.38. The van der Waals surface area contributed by atoms with Crippen molar-refractivity contribution < 1.29 is 13.9 Å². The van der Waals surface area contributed by atoms with Gasteiger partial charge in [0.25, 0.3) is 5.91 Å². The number of halogens is 1. The van der Waals surface area contributed by atoms with E-state index in [1.807, 2.05) is 18.2 Å². The number of hydrogen-bond acceptors (Lipinski definition) is 3. The molecule has 5 nitrogen and oxygen atoms in total. The zero-order valence-electron chi connectivity index (χ0n) is 18.5. The Morgan fingerprint density at radius 1 is 1.10 bits per heavy atom. The lowest BCUT2D eigenvalue weighted by atomic mass is 9.87. The molecule has 0 bridgehead atoms. The van der Waals surface area contributed by atoms with E-state index in [9.17, 15) is 9.18 Å². The first-order valence-corrected chi connectivity index (χ1v) is 10.6. The van der Waals surface area contributed by atoms with Crippen LogP contribution >= 0.6 is 0 Å². The second-order valence-corrected chi connectivity index (χ2v) is 8.99. The minimum atomic E-state index is -0.298. The summed E-state index contributed by atoms with van der Waals surface area (Å²) in [5, 5.41) is 7.67. The van der Waals surface area contributed by atoms with E-state index < -0.39 is 0 Å². The van der Waals surface area contributed by atoms with E-state index >= 15 is 0 Å². The zero-order valence-corrected chi connectivity index (χ0v) is 18.5. The van der Waals surface area contributed by atoms with Crippen molar-refractivity contribution in [1.82, 2.24) is 9.78 Å². The number of hydrogen-bond donors (Lipinski definition) is 1. The third-order valence-electron chi connectivity index (χ3n) is 5.78. The summed E-state index contributed by atoms with van der Waals surface area (Å²) >= 11 is 0. The van der Waals surface area contributed by atoms with Gasteiger partial charge in [-0.05, 0) is 73.1 Å². The number of nitrogens with one attached hydrogen (secondary N) is 1. The fourth-order valence-electron chi connectivity index (χ4n) is 4.03. The molecule has 3 aromatic rings. The van der Waals surface area contributed by atoms with Crippen LogP contribution in [0.25, 0.3) is 5.69 Å². The predicted octanol–water partition coefficient (Wildman–Crippen LogP) is 5.45. The second kappa shape index (κ2) is 8.17. The average molecular weight is 422 g/mol. The topological polar surface area (TPSA) is 56.1 Å². The highest BCUT2D eigenvalue weighted by atomic mass is 19.1. The fourth-order valence-corrected chi connectivity index (χ4v) is 4.03. The molecule has 1 aliphatic rings. The van der Waals surface area contributed by atoms with Crippen molar-refractivity contribution in [2.24, 2.45) is 0 Å². The van der Waals surface area contributed by atoms with Crippen molar-refractivity contribution in [3.63, 3.8) is 0 Å². The van der Waals surface area contributed by atoms with Gasteiger partial charge in [-0.25, -0.2) is 9.07 Å². The number of methoxy groups -OCH3 is 1. The Hall–Kier alpha value is -3.15. The number of ether oxygens (including phenoxy) is 1. The minimum Gasteiger partial charge on any atom is -0.495 e. The third-order valence-corrected chi connectivity index (χ3v) is 5.78. The van der Waals surface area contributed by atoms with Crippen molar-refractivity contribution >= 4 is 11.6 Å². The largest absolute Gasteiger partial charge is 0.495 e. The normalized spacial score (nSPS) is 13.6. The number of nitrogens with zero attached hydrogens (tertiary/aromatic N) is 2. The van der Waals surface area contributed by atoms with Crippen molar-refractivity contribution in [3.8, 4) is 11.4 Å². The van der Waals surface area contributed by atoms with Gasteiger partial charge in [-0.2, -0.15) is 5.10 Å². The van der Waals surface area contributed by atoms with Crippen molar-refractivity contribution in [1.29, 1.82) is 0 Å². The maximum absolute atomic E-state index is 13.4. The van der Waals surface area contributed by atoms with E-state index in [4.69, 9.17) is 4.74 Å². The molecule has 1 heterocycles. The lowest BCUT2D eigenvalue weighted by Gasteiger charge is -2.21. The van der Waals surface area contributed by atoms with Gasteiger partial charge in [0.2, 0.25) is 0 Å². The summed E-state index contributed by atoms with van der Waals surface area (Å²) in [6, 6.07) is 12.1. The Morgan fingerprint density at radius 2 is 1.81 bits per heavy atom. The van der Waals surface area contributed by atoms with Gasteiger partial charge in [-0.3, -0.25) is 4.79 Å². The Bertz CT molecular complexity index is 1110. The molecule has 1 aromatic heterocycles. The maximum atomic E-state index is 13.4. The van der Waals surface area contributed by atoms with Gasteiger partial charge in [-0.1, -0.05) is 26.8 Å². The number of benzene rings is 2. The van der Waals surface area contributed by atoms with Gasteiger partial charge >= 0.3 is 0 Å². The van der Waals surface area contributed by atoms with Crippen LogP contribution in [0, 0.1) is 5.82 Å². The lowest BCUT2D eigenvalue weighted by molar-refractivity contribution is 0.102. The number of aromatic nitrogens is 2. The van der Waals surface area contributed by atoms with Crippen LogP contribution in [0.5, 0.6) is 5.75 Å². The van der Waals surface area contributed by atoms with E-state index in [0.717, 1.165) is 48.2 Å². The minimum absolute atomic E-state index is 0.0604. The molecule has 1 N–H and O–H groups in total. The first kappa shape index (κ1) is 21.1. The van der Waals surface area contributed by atoms with Crippen LogP contribution in [-0.4, -0.2) is 22.8 Å². The van der Waals surface area contributed by atoms with E-state index in [0.29, 0.717) is 17.1 Å². The first-order valence-electron chi connectivity index (χ1n) is 10.6. The third kappa shape index (κ3) is 4.20. The van der Waals surface area contributed by atoms with Crippen LogP contribution in [0.2, 0.25) is 0 Å². The second-order valence-electron chi connectivity index (χ2n) is 8.99. The van der Waals surface area contributed by atoms with Gasteiger partial charge in [-0.15, -0.1) is 0 Å². The van der Waals surface area contributed by atoms with Crippen molar-refractivity contribution in [3.05, 3.63) is 70.8 Å². The monoisotopic (exact) mass is 421 g/mol. The molecule has 0 fully saturated rings. The molecule has 2 aromatic carbocycles. The molecule has 31 heavy (non-hydrogen) atoms. The summed E-state index contributed by atoms with van der Waals surface area (Å²) in [6.07, 6.45) is 3.71. The van der Waals surface area contributed by atoms with E-state index in [1.54, 1.807) is 23.9 Å². The number of carbonyl (C=O) groups excluding carboxylic acids is 1. The van der Waals surface area contributed by atoms with E-state index in [-0.39, 0.29) is 17.1 Å². The lowest BCUT2D eigenvalue weighted by Crippen LogP contribution is -2.17. The molecule has 0 saturated heterocycles. The van der Waals surface area contributed by atoms with Gasteiger partial charge in [0, 0.05) is 11.3 Å². The standard InChI is InChI=1S/C25H28FN3O2/c1-25(2,3)16-9-14-22(31-4)20(15-16)27-24(30)23-19-7-5-6-8-21(19)29(28-23)18-12-10-17(26)11-13-18/h9-15H,5-8H2,1-4H3,(H,27,30). The molecule has 0 unspecified atom stereocenters.